The van der Waals surface area contributed by atoms with Crippen molar-refractivity contribution in [3.8, 4) is 11.5 Å². The molecule has 2 aromatic rings. The molecule has 7 nitrogen and oxygen atoms in total. The molecule has 2 amide bonds. The van der Waals surface area contributed by atoms with E-state index in [0.717, 1.165) is 22.6 Å². The second kappa shape index (κ2) is 11.7. The molecule has 0 aliphatic carbocycles. The van der Waals surface area contributed by atoms with Crippen LogP contribution >= 0.6 is 11.3 Å². The van der Waals surface area contributed by atoms with E-state index in [2.05, 4.69) is 0 Å². The van der Waals surface area contributed by atoms with Crippen molar-refractivity contribution in [1.82, 2.24) is 9.80 Å². The van der Waals surface area contributed by atoms with Gasteiger partial charge >= 0.3 is 0 Å². The Balaban J connectivity index is 1.73. The number of hydrogen-bond donors (Lipinski definition) is 0. The molecule has 3 rings (SSSR count). The molecule has 1 aliphatic heterocycles. The predicted octanol–water partition coefficient (Wildman–Crippen LogP) is 3.67. The number of hydrogen-bond acceptors (Lipinski definition) is 6. The molecule has 0 saturated heterocycles. The number of thiophene rings is 1. The maximum Gasteiger partial charge on any atom is 0.242 e. The third-order valence-corrected chi connectivity index (χ3v) is 5.87. The number of carbonyl (C=O) groups is 2. The zero-order chi connectivity index (χ0) is 22.1. The second-order valence-corrected chi connectivity index (χ2v) is 8.46. The van der Waals surface area contributed by atoms with Crippen LogP contribution in [0.4, 0.5) is 0 Å². The molecular formula is C23H30N2O5S. The van der Waals surface area contributed by atoms with Gasteiger partial charge in [-0.25, -0.2) is 0 Å². The molecule has 1 aliphatic rings. The molecule has 0 N–H and O–H groups in total. The van der Waals surface area contributed by atoms with E-state index in [0.29, 0.717) is 44.8 Å². The minimum Gasteiger partial charge on any atom is -0.454 e. The number of amides is 2. The Kier molecular flexibility index (Phi) is 8.73. The SMILES string of the molecule is CCCC(=O)N(CCCOC)CC(=O)N(Cc1ccc2c(c1)OCO2)Cc1cccs1. The largest absolute Gasteiger partial charge is 0.454 e. The van der Waals surface area contributed by atoms with Crippen molar-refractivity contribution in [2.75, 3.05) is 33.6 Å². The molecule has 0 unspecified atom stereocenters. The van der Waals surface area contributed by atoms with Crippen LogP contribution in [-0.2, 0) is 27.4 Å². The normalized spacial score (nSPS) is 12.1. The van der Waals surface area contributed by atoms with Crippen LogP contribution in [0.25, 0.3) is 0 Å². The minimum absolute atomic E-state index is 0.00565. The molecule has 0 fully saturated rings. The Hall–Kier alpha value is -2.58. The zero-order valence-electron chi connectivity index (χ0n) is 18.2. The lowest BCUT2D eigenvalue weighted by molar-refractivity contribution is -0.141. The molecule has 0 atom stereocenters. The Labute approximate surface area is 187 Å². The molecule has 1 aromatic heterocycles. The third-order valence-electron chi connectivity index (χ3n) is 5.01. The lowest BCUT2D eigenvalue weighted by atomic mass is 10.1. The highest BCUT2D eigenvalue weighted by molar-refractivity contribution is 7.09. The van der Waals surface area contributed by atoms with Crippen molar-refractivity contribution in [2.45, 2.75) is 39.3 Å². The van der Waals surface area contributed by atoms with Gasteiger partial charge in [-0.3, -0.25) is 9.59 Å². The summed E-state index contributed by atoms with van der Waals surface area (Å²) in [5.74, 6) is 1.34. The van der Waals surface area contributed by atoms with E-state index in [9.17, 15) is 9.59 Å². The number of fused-ring (bicyclic) bond motifs is 1. The van der Waals surface area contributed by atoms with Crippen molar-refractivity contribution < 1.29 is 23.8 Å². The molecule has 2 heterocycles. The number of methoxy groups -OCH3 is 1. The van der Waals surface area contributed by atoms with E-state index in [1.54, 1.807) is 28.2 Å². The first kappa shape index (κ1) is 23.1. The number of ether oxygens (including phenoxy) is 3. The van der Waals surface area contributed by atoms with Crippen LogP contribution < -0.4 is 9.47 Å². The van der Waals surface area contributed by atoms with E-state index < -0.39 is 0 Å². The highest BCUT2D eigenvalue weighted by Gasteiger charge is 2.22. The van der Waals surface area contributed by atoms with E-state index in [1.807, 2.05) is 42.6 Å². The van der Waals surface area contributed by atoms with Gasteiger partial charge in [0.1, 0.15) is 0 Å². The molecule has 8 heteroatoms. The number of nitrogens with zero attached hydrogens (tertiary/aromatic N) is 2. The van der Waals surface area contributed by atoms with E-state index in [-0.39, 0.29) is 25.2 Å². The Bertz CT molecular complexity index is 856. The quantitative estimate of drug-likeness (QED) is 0.466. The topological polar surface area (TPSA) is 68.3 Å². The van der Waals surface area contributed by atoms with E-state index in [4.69, 9.17) is 14.2 Å². The molecule has 0 bridgehead atoms. The Morgan fingerprint density at radius 1 is 1.10 bits per heavy atom. The third kappa shape index (κ3) is 6.70. The van der Waals surface area contributed by atoms with Gasteiger partial charge in [-0.2, -0.15) is 0 Å². The first-order valence-electron chi connectivity index (χ1n) is 10.6. The average Bonchev–Trinajstić information content (AvgIpc) is 3.44. The zero-order valence-corrected chi connectivity index (χ0v) is 19.0. The van der Waals surface area contributed by atoms with Crippen molar-refractivity contribution >= 4 is 23.2 Å². The van der Waals surface area contributed by atoms with Gasteiger partial charge in [0.25, 0.3) is 0 Å². The van der Waals surface area contributed by atoms with E-state index in [1.165, 1.54) is 0 Å². The first-order chi connectivity index (χ1) is 15.1. The standard InChI is InChI=1S/C23H30N2O5S/c1-3-6-22(26)24(10-5-11-28-2)16-23(27)25(15-19-7-4-12-31-19)14-18-8-9-20-21(13-18)30-17-29-20/h4,7-9,12-13H,3,5-6,10-11,14-17H2,1-2H3. The van der Waals surface area contributed by atoms with Crippen LogP contribution in [0.5, 0.6) is 11.5 Å². The van der Waals surface area contributed by atoms with Gasteiger partial charge in [-0.05, 0) is 42.0 Å². The summed E-state index contributed by atoms with van der Waals surface area (Å²) in [5, 5.41) is 2.00. The smallest absolute Gasteiger partial charge is 0.242 e. The van der Waals surface area contributed by atoms with Crippen LogP contribution in [0.2, 0.25) is 0 Å². The summed E-state index contributed by atoms with van der Waals surface area (Å²) in [5.41, 5.74) is 0.958. The molecule has 0 saturated carbocycles. The van der Waals surface area contributed by atoms with Gasteiger partial charge in [0, 0.05) is 38.1 Å². The van der Waals surface area contributed by atoms with Gasteiger partial charge < -0.3 is 24.0 Å². The maximum absolute atomic E-state index is 13.3. The Morgan fingerprint density at radius 3 is 2.68 bits per heavy atom. The van der Waals surface area contributed by atoms with Crippen LogP contribution in [-0.4, -0.2) is 55.2 Å². The highest BCUT2D eigenvalue weighted by atomic mass is 32.1. The minimum atomic E-state index is -0.0760. The van der Waals surface area contributed by atoms with Crippen molar-refractivity contribution in [3.05, 3.63) is 46.2 Å². The maximum atomic E-state index is 13.3. The monoisotopic (exact) mass is 446 g/mol. The van der Waals surface area contributed by atoms with Gasteiger partial charge in [0.15, 0.2) is 11.5 Å². The Morgan fingerprint density at radius 2 is 1.94 bits per heavy atom. The van der Waals surface area contributed by atoms with E-state index >= 15 is 0 Å². The first-order valence-corrected chi connectivity index (χ1v) is 11.4. The summed E-state index contributed by atoms with van der Waals surface area (Å²) < 4.78 is 16.0. The average molecular weight is 447 g/mol. The lowest BCUT2D eigenvalue weighted by Crippen LogP contribution is -2.43. The van der Waals surface area contributed by atoms with Crippen molar-refractivity contribution in [3.63, 3.8) is 0 Å². The van der Waals surface area contributed by atoms with Crippen molar-refractivity contribution in [1.29, 1.82) is 0 Å². The van der Waals surface area contributed by atoms with Gasteiger partial charge in [-0.1, -0.05) is 19.1 Å². The summed E-state index contributed by atoms with van der Waals surface area (Å²) in [7, 11) is 1.64. The summed E-state index contributed by atoms with van der Waals surface area (Å²) in [6, 6.07) is 9.72. The predicted molar refractivity (Wildman–Crippen MR) is 119 cm³/mol. The molecule has 1 aromatic carbocycles. The highest BCUT2D eigenvalue weighted by Crippen LogP contribution is 2.33. The van der Waals surface area contributed by atoms with Crippen LogP contribution in [0.1, 0.15) is 36.6 Å². The fourth-order valence-electron chi connectivity index (χ4n) is 3.41. The fraction of sp³-hybridized carbons (Fsp3) is 0.478. The molecule has 168 valence electrons. The van der Waals surface area contributed by atoms with Gasteiger partial charge in [-0.15, -0.1) is 11.3 Å². The summed E-state index contributed by atoms with van der Waals surface area (Å²) in [6.45, 7) is 4.25. The van der Waals surface area contributed by atoms with Crippen LogP contribution in [0.15, 0.2) is 35.7 Å². The summed E-state index contributed by atoms with van der Waals surface area (Å²) in [4.78, 5) is 30.4. The molecule has 0 radical (unpaired) electrons. The fourth-order valence-corrected chi connectivity index (χ4v) is 4.13. The second-order valence-electron chi connectivity index (χ2n) is 7.43. The number of benzene rings is 1. The molecule has 31 heavy (non-hydrogen) atoms. The lowest BCUT2D eigenvalue weighted by Gasteiger charge is -2.28. The summed E-state index contributed by atoms with van der Waals surface area (Å²) in [6.07, 6.45) is 1.89. The summed E-state index contributed by atoms with van der Waals surface area (Å²) >= 11 is 1.61. The van der Waals surface area contributed by atoms with Crippen LogP contribution in [0, 0.1) is 0 Å². The van der Waals surface area contributed by atoms with Gasteiger partial charge in [0.05, 0.1) is 13.1 Å². The number of carbonyl (C=O) groups excluding carboxylic acids is 2. The van der Waals surface area contributed by atoms with Crippen LogP contribution in [0.3, 0.4) is 0 Å². The van der Waals surface area contributed by atoms with Crippen molar-refractivity contribution in [2.24, 2.45) is 0 Å². The molecular weight excluding hydrogens is 416 g/mol. The molecule has 0 spiro atoms. The number of rotatable bonds is 12. The van der Waals surface area contributed by atoms with Gasteiger partial charge in [0.2, 0.25) is 18.6 Å².